The van der Waals surface area contributed by atoms with Crippen LogP contribution in [0, 0.1) is 13.8 Å². The second kappa shape index (κ2) is 7.75. The van der Waals surface area contributed by atoms with E-state index in [4.69, 9.17) is 5.10 Å². The highest BCUT2D eigenvalue weighted by molar-refractivity contribution is 5.94. The zero-order chi connectivity index (χ0) is 20.4. The van der Waals surface area contributed by atoms with E-state index < -0.39 is 0 Å². The van der Waals surface area contributed by atoms with Crippen molar-refractivity contribution in [2.45, 2.75) is 20.4 Å². The van der Waals surface area contributed by atoms with Gasteiger partial charge in [-0.25, -0.2) is 4.68 Å². The molecule has 146 valence electrons. The molecule has 0 unspecified atom stereocenters. The summed E-state index contributed by atoms with van der Waals surface area (Å²) < 4.78 is 3.72. The SMILES string of the molecule is Cc1ccc(-n2nc(-c3cccn3C)cc2C(=O)NCc2ccccn2)c(C)c1. The summed E-state index contributed by atoms with van der Waals surface area (Å²) >= 11 is 0. The van der Waals surface area contributed by atoms with Gasteiger partial charge in [0.25, 0.3) is 5.91 Å². The normalized spacial score (nSPS) is 10.9. The second-order valence-electron chi connectivity index (χ2n) is 7.12. The van der Waals surface area contributed by atoms with E-state index in [2.05, 4.69) is 23.3 Å². The summed E-state index contributed by atoms with van der Waals surface area (Å²) in [7, 11) is 1.96. The van der Waals surface area contributed by atoms with Gasteiger partial charge in [-0.15, -0.1) is 0 Å². The Morgan fingerprint density at radius 3 is 2.62 bits per heavy atom. The predicted molar refractivity (Wildman–Crippen MR) is 113 cm³/mol. The minimum Gasteiger partial charge on any atom is -0.349 e. The third kappa shape index (κ3) is 3.82. The Bertz CT molecular complexity index is 1160. The van der Waals surface area contributed by atoms with Crippen molar-refractivity contribution in [3.05, 3.63) is 89.5 Å². The lowest BCUT2D eigenvalue weighted by Gasteiger charge is -2.11. The summed E-state index contributed by atoms with van der Waals surface area (Å²) in [6, 6.07) is 17.6. The number of rotatable bonds is 5. The molecule has 3 aromatic heterocycles. The quantitative estimate of drug-likeness (QED) is 0.568. The van der Waals surface area contributed by atoms with Crippen molar-refractivity contribution in [2.75, 3.05) is 0 Å². The lowest BCUT2D eigenvalue weighted by molar-refractivity contribution is 0.0942. The van der Waals surface area contributed by atoms with Crippen molar-refractivity contribution in [3.63, 3.8) is 0 Å². The highest BCUT2D eigenvalue weighted by atomic mass is 16.2. The van der Waals surface area contributed by atoms with Gasteiger partial charge in [0.05, 0.1) is 23.6 Å². The molecule has 6 heteroatoms. The van der Waals surface area contributed by atoms with E-state index in [1.165, 1.54) is 5.56 Å². The molecule has 6 nitrogen and oxygen atoms in total. The fraction of sp³-hybridized carbons (Fsp3) is 0.174. The van der Waals surface area contributed by atoms with Crippen LogP contribution in [-0.4, -0.2) is 25.2 Å². The van der Waals surface area contributed by atoms with Gasteiger partial charge >= 0.3 is 0 Å². The number of hydrogen-bond donors (Lipinski definition) is 1. The van der Waals surface area contributed by atoms with Crippen LogP contribution in [0.25, 0.3) is 17.1 Å². The van der Waals surface area contributed by atoms with Crippen LogP contribution >= 0.6 is 0 Å². The van der Waals surface area contributed by atoms with E-state index in [0.29, 0.717) is 12.2 Å². The molecule has 0 aliphatic carbocycles. The first-order chi connectivity index (χ1) is 14.0. The summed E-state index contributed by atoms with van der Waals surface area (Å²) in [5.41, 5.74) is 6.12. The van der Waals surface area contributed by atoms with E-state index in [0.717, 1.165) is 28.3 Å². The zero-order valence-electron chi connectivity index (χ0n) is 16.8. The maximum absolute atomic E-state index is 13.1. The van der Waals surface area contributed by atoms with Crippen LogP contribution in [-0.2, 0) is 13.6 Å². The Labute approximate surface area is 169 Å². The summed E-state index contributed by atoms with van der Waals surface area (Å²) in [4.78, 5) is 17.3. The molecule has 4 aromatic rings. The minimum atomic E-state index is -0.191. The second-order valence-corrected chi connectivity index (χ2v) is 7.12. The molecule has 0 aliphatic heterocycles. The molecule has 0 fully saturated rings. The number of carbonyl (C=O) groups is 1. The van der Waals surface area contributed by atoms with Gasteiger partial charge in [-0.05, 0) is 55.8 Å². The fourth-order valence-corrected chi connectivity index (χ4v) is 3.39. The van der Waals surface area contributed by atoms with Crippen molar-refractivity contribution >= 4 is 5.91 Å². The van der Waals surface area contributed by atoms with Gasteiger partial charge in [-0.3, -0.25) is 9.78 Å². The molecule has 0 aliphatic rings. The van der Waals surface area contributed by atoms with Gasteiger partial charge in [0.2, 0.25) is 0 Å². The summed E-state index contributed by atoms with van der Waals surface area (Å²) in [6.07, 6.45) is 3.68. The molecule has 1 N–H and O–H groups in total. The van der Waals surface area contributed by atoms with Crippen LogP contribution in [0.5, 0.6) is 0 Å². The van der Waals surface area contributed by atoms with E-state index >= 15 is 0 Å². The number of carbonyl (C=O) groups excluding carboxylic acids is 1. The number of nitrogens with zero attached hydrogens (tertiary/aromatic N) is 4. The largest absolute Gasteiger partial charge is 0.349 e. The lowest BCUT2D eigenvalue weighted by atomic mass is 10.1. The van der Waals surface area contributed by atoms with Crippen molar-refractivity contribution < 1.29 is 4.79 Å². The number of pyridine rings is 1. The predicted octanol–water partition coefficient (Wildman–Crippen LogP) is 3.82. The molecule has 0 saturated carbocycles. The average Bonchev–Trinajstić information content (AvgIpc) is 3.33. The van der Waals surface area contributed by atoms with E-state index in [1.54, 1.807) is 10.9 Å². The van der Waals surface area contributed by atoms with E-state index in [-0.39, 0.29) is 5.91 Å². The van der Waals surface area contributed by atoms with Crippen LogP contribution in [0.2, 0.25) is 0 Å². The number of aromatic nitrogens is 4. The highest BCUT2D eigenvalue weighted by Gasteiger charge is 2.19. The van der Waals surface area contributed by atoms with Crippen LogP contribution in [0.15, 0.2) is 67.0 Å². The highest BCUT2D eigenvalue weighted by Crippen LogP contribution is 2.24. The topological polar surface area (TPSA) is 64.7 Å². The van der Waals surface area contributed by atoms with Gasteiger partial charge in [0, 0.05) is 19.4 Å². The Hall–Kier alpha value is -3.67. The Kier molecular flexibility index (Phi) is 4.99. The van der Waals surface area contributed by atoms with Crippen molar-refractivity contribution in [2.24, 2.45) is 7.05 Å². The molecule has 4 rings (SSSR count). The average molecular weight is 385 g/mol. The van der Waals surface area contributed by atoms with Gasteiger partial charge in [0.1, 0.15) is 11.4 Å². The summed E-state index contributed by atoms with van der Waals surface area (Å²) in [6.45, 7) is 4.44. The molecule has 0 atom stereocenters. The molecule has 0 saturated heterocycles. The van der Waals surface area contributed by atoms with Gasteiger partial charge < -0.3 is 9.88 Å². The van der Waals surface area contributed by atoms with Gasteiger partial charge in [-0.2, -0.15) is 5.10 Å². The first-order valence-electron chi connectivity index (χ1n) is 9.50. The molecule has 3 heterocycles. The van der Waals surface area contributed by atoms with Crippen LogP contribution in [0.4, 0.5) is 0 Å². The third-order valence-corrected chi connectivity index (χ3v) is 4.88. The molecule has 0 radical (unpaired) electrons. The Morgan fingerprint density at radius 2 is 1.93 bits per heavy atom. The first-order valence-corrected chi connectivity index (χ1v) is 9.50. The van der Waals surface area contributed by atoms with E-state index in [9.17, 15) is 4.79 Å². The number of hydrogen-bond acceptors (Lipinski definition) is 3. The van der Waals surface area contributed by atoms with E-state index in [1.807, 2.05) is 73.3 Å². The molecule has 0 bridgehead atoms. The molecular weight excluding hydrogens is 362 g/mol. The van der Waals surface area contributed by atoms with Gasteiger partial charge in [0.15, 0.2) is 0 Å². The molecule has 1 aromatic carbocycles. The van der Waals surface area contributed by atoms with Crippen molar-refractivity contribution in [3.8, 4) is 17.1 Å². The molecular formula is C23H23N5O. The third-order valence-electron chi connectivity index (χ3n) is 4.88. The van der Waals surface area contributed by atoms with Gasteiger partial charge in [-0.1, -0.05) is 23.8 Å². The summed E-state index contributed by atoms with van der Waals surface area (Å²) in [5.74, 6) is -0.191. The maximum atomic E-state index is 13.1. The lowest BCUT2D eigenvalue weighted by Crippen LogP contribution is -2.26. The standard InChI is InChI=1S/C23H23N5O/c1-16-9-10-20(17(2)13-16)28-22(14-19(26-28)21-8-6-12-27(21)3)23(29)25-15-18-7-4-5-11-24-18/h4-14H,15H2,1-3H3,(H,25,29). The van der Waals surface area contributed by atoms with Crippen LogP contribution in [0.3, 0.4) is 0 Å². The zero-order valence-corrected chi connectivity index (χ0v) is 16.8. The van der Waals surface area contributed by atoms with Crippen LogP contribution < -0.4 is 5.32 Å². The Morgan fingerprint density at radius 1 is 1.07 bits per heavy atom. The number of benzene rings is 1. The number of aryl methyl sites for hydroxylation is 3. The van der Waals surface area contributed by atoms with Crippen molar-refractivity contribution in [1.82, 2.24) is 24.6 Å². The van der Waals surface area contributed by atoms with Crippen molar-refractivity contribution in [1.29, 1.82) is 0 Å². The molecule has 0 spiro atoms. The minimum absolute atomic E-state index is 0.191. The Balaban J connectivity index is 1.73. The monoisotopic (exact) mass is 385 g/mol. The maximum Gasteiger partial charge on any atom is 0.270 e. The fourth-order valence-electron chi connectivity index (χ4n) is 3.39. The summed E-state index contributed by atoms with van der Waals surface area (Å²) in [5, 5.41) is 7.73. The number of nitrogens with one attached hydrogen (secondary N) is 1. The first kappa shape index (κ1) is 18.7. The number of amides is 1. The smallest absolute Gasteiger partial charge is 0.270 e. The molecule has 29 heavy (non-hydrogen) atoms. The molecule has 1 amide bonds. The van der Waals surface area contributed by atoms with Crippen LogP contribution in [0.1, 0.15) is 27.3 Å².